The summed E-state index contributed by atoms with van der Waals surface area (Å²) < 4.78 is 5.65. The lowest BCUT2D eigenvalue weighted by molar-refractivity contribution is -0.130. The normalized spacial score (nSPS) is 19.8. The summed E-state index contributed by atoms with van der Waals surface area (Å²) in [4.78, 5) is 32.6. The van der Waals surface area contributed by atoms with Gasteiger partial charge in [-0.15, -0.1) is 11.8 Å². The van der Waals surface area contributed by atoms with E-state index in [1.54, 1.807) is 23.9 Å². The van der Waals surface area contributed by atoms with E-state index >= 15 is 0 Å². The zero-order valence-corrected chi connectivity index (χ0v) is 26.5. The van der Waals surface area contributed by atoms with Crippen LogP contribution in [0.1, 0.15) is 53.9 Å². The molecule has 8 heteroatoms. The van der Waals surface area contributed by atoms with E-state index in [0.717, 1.165) is 50.2 Å². The summed E-state index contributed by atoms with van der Waals surface area (Å²) in [6.07, 6.45) is 0.494. The van der Waals surface area contributed by atoms with Gasteiger partial charge in [0.1, 0.15) is 11.1 Å². The number of hydrogen-bond donors (Lipinski definition) is 1. The van der Waals surface area contributed by atoms with E-state index in [-0.39, 0.29) is 28.5 Å². The molecule has 4 aromatic carbocycles. The van der Waals surface area contributed by atoms with Crippen molar-refractivity contribution in [1.82, 2.24) is 9.99 Å². The van der Waals surface area contributed by atoms with E-state index in [2.05, 4.69) is 48.3 Å². The number of ether oxygens (including phenoxy) is 1. The molecule has 0 bridgehead atoms. The van der Waals surface area contributed by atoms with Crippen LogP contribution in [0, 0.1) is 6.92 Å². The zero-order chi connectivity index (χ0) is 31.2. The second-order valence-corrected chi connectivity index (χ2v) is 13.0. The van der Waals surface area contributed by atoms with Gasteiger partial charge in [-0.1, -0.05) is 84.4 Å². The summed E-state index contributed by atoms with van der Waals surface area (Å²) in [6, 6.07) is 32.1. The molecule has 0 radical (unpaired) electrons. The number of anilines is 1. The lowest BCUT2D eigenvalue weighted by Crippen LogP contribution is -2.31. The summed E-state index contributed by atoms with van der Waals surface area (Å²) in [5, 5.41) is 6.98. The number of nitrogens with one attached hydrogen (secondary N) is 1. The van der Waals surface area contributed by atoms with Crippen molar-refractivity contribution in [2.24, 2.45) is 5.10 Å². The van der Waals surface area contributed by atoms with Gasteiger partial charge in [0.05, 0.1) is 35.5 Å². The smallest absolute Gasteiger partial charge is 0.241 e. The Morgan fingerprint density at radius 1 is 0.956 bits per heavy atom. The van der Waals surface area contributed by atoms with Gasteiger partial charge in [0.2, 0.25) is 11.8 Å². The number of nitrogens with zero attached hydrogens (tertiary/aromatic N) is 3. The third-order valence-corrected chi connectivity index (χ3v) is 10.0. The first kappa shape index (κ1) is 28.9. The number of carbonyl (C=O) groups is 2. The topological polar surface area (TPSA) is 78.0 Å². The number of amides is 2. The molecule has 0 saturated carbocycles. The van der Waals surface area contributed by atoms with Gasteiger partial charge in [-0.3, -0.25) is 14.5 Å². The fourth-order valence-electron chi connectivity index (χ4n) is 6.51. The molecule has 0 spiro atoms. The monoisotopic (exact) mass is 614 g/mol. The number of aromatic amines is 1. The highest BCUT2D eigenvalue weighted by atomic mass is 32.2. The lowest BCUT2D eigenvalue weighted by Gasteiger charge is -2.27. The molecular formula is C37H34N4O3S. The van der Waals surface area contributed by atoms with Crippen molar-refractivity contribution in [2.45, 2.75) is 43.9 Å². The second kappa shape index (κ2) is 11.6. The van der Waals surface area contributed by atoms with Crippen molar-refractivity contribution in [3.05, 3.63) is 119 Å². The minimum atomic E-state index is -0.318. The van der Waals surface area contributed by atoms with E-state index in [0.29, 0.717) is 12.2 Å². The molecule has 3 heterocycles. The van der Waals surface area contributed by atoms with E-state index in [1.807, 2.05) is 72.5 Å². The van der Waals surface area contributed by atoms with Gasteiger partial charge in [0, 0.05) is 40.9 Å². The number of carbonyl (C=O) groups excluding carboxylic acids is 2. The molecule has 0 aliphatic carbocycles. The first-order valence-electron chi connectivity index (χ1n) is 15.1. The summed E-state index contributed by atoms with van der Waals surface area (Å²) >= 11 is 1.66. The van der Waals surface area contributed by atoms with Crippen molar-refractivity contribution in [3.63, 3.8) is 0 Å². The van der Waals surface area contributed by atoms with Crippen LogP contribution in [0.5, 0.6) is 5.75 Å². The minimum Gasteiger partial charge on any atom is -0.496 e. The number of hydrogen-bond acceptors (Lipinski definition) is 5. The van der Waals surface area contributed by atoms with Crippen LogP contribution in [0.15, 0.2) is 102 Å². The maximum atomic E-state index is 14.1. The van der Waals surface area contributed by atoms with Gasteiger partial charge in [-0.2, -0.15) is 5.10 Å². The van der Waals surface area contributed by atoms with Gasteiger partial charge >= 0.3 is 0 Å². The number of rotatable bonds is 6. The number of thioether (sulfide) groups is 1. The average Bonchev–Trinajstić information content (AvgIpc) is 3.75. The molecular weight excluding hydrogens is 580 g/mol. The molecule has 2 aliphatic heterocycles. The Kier molecular flexibility index (Phi) is 7.45. The van der Waals surface area contributed by atoms with Crippen molar-refractivity contribution >= 4 is 45.9 Å². The summed E-state index contributed by atoms with van der Waals surface area (Å²) in [7, 11) is 1.64. The van der Waals surface area contributed by atoms with Gasteiger partial charge in [-0.05, 0) is 37.6 Å². The SMILES string of the molecule is COc1ccccc1C1CC(c2ccccc2N2C(=O)C(C)SC2c2c(-c3ccc(C)cc3)[nH]c3ccccc23)=NN1C(C)=O. The number of hydrazone groups is 1. The van der Waals surface area contributed by atoms with Crippen LogP contribution in [0.4, 0.5) is 5.69 Å². The number of aryl methyl sites for hydroxylation is 1. The van der Waals surface area contributed by atoms with Crippen LogP contribution in [-0.2, 0) is 9.59 Å². The standard InChI is InChI=1S/C37H34N4O3S/c1-22-17-19-25(20-18-22)35-34(27-12-5-8-14-29(27)38-35)37-40(36(43)23(2)45-37)31-15-9-6-11-26(31)30-21-32(41(39-30)24(3)42)28-13-7-10-16-33(28)44-4/h5-20,23,32,37-38H,21H2,1-4H3. The fraction of sp³-hybridized carbons (Fsp3) is 0.216. The van der Waals surface area contributed by atoms with E-state index in [1.165, 1.54) is 12.5 Å². The second-order valence-electron chi connectivity index (χ2n) is 11.6. The molecule has 2 amide bonds. The number of benzene rings is 4. The largest absolute Gasteiger partial charge is 0.496 e. The minimum absolute atomic E-state index is 0.0425. The summed E-state index contributed by atoms with van der Waals surface area (Å²) in [5.74, 6) is 0.599. The highest BCUT2D eigenvalue weighted by Gasteiger charge is 2.44. The van der Waals surface area contributed by atoms with Gasteiger partial charge in [-0.25, -0.2) is 5.01 Å². The van der Waals surface area contributed by atoms with E-state index in [4.69, 9.17) is 9.84 Å². The number of para-hydroxylation sites is 3. The van der Waals surface area contributed by atoms with Crippen molar-refractivity contribution in [2.75, 3.05) is 12.0 Å². The Bertz CT molecular complexity index is 1960. The molecule has 3 atom stereocenters. The highest BCUT2D eigenvalue weighted by molar-refractivity contribution is 8.01. The van der Waals surface area contributed by atoms with Crippen molar-refractivity contribution in [1.29, 1.82) is 0 Å². The summed E-state index contributed by atoms with van der Waals surface area (Å²) in [6.45, 7) is 5.59. The Morgan fingerprint density at radius 2 is 1.67 bits per heavy atom. The van der Waals surface area contributed by atoms with Gasteiger partial charge in [0.25, 0.3) is 0 Å². The summed E-state index contributed by atoms with van der Waals surface area (Å²) in [5.41, 5.74) is 8.66. The molecule has 5 aromatic rings. The molecule has 1 saturated heterocycles. The number of aromatic nitrogens is 1. The first-order chi connectivity index (χ1) is 21.9. The van der Waals surface area contributed by atoms with Crippen molar-refractivity contribution in [3.8, 4) is 17.0 Å². The zero-order valence-electron chi connectivity index (χ0n) is 25.7. The van der Waals surface area contributed by atoms with Gasteiger partial charge in [0.15, 0.2) is 0 Å². The molecule has 3 unspecified atom stereocenters. The Morgan fingerprint density at radius 3 is 2.44 bits per heavy atom. The van der Waals surface area contributed by atoms with Crippen LogP contribution >= 0.6 is 11.8 Å². The van der Waals surface area contributed by atoms with E-state index < -0.39 is 0 Å². The van der Waals surface area contributed by atoms with E-state index in [9.17, 15) is 9.59 Å². The quantitative estimate of drug-likeness (QED) is 0.210. The highest BCUT2D eigenvalue weighted by Crippen LogP contribution is 2.51. The molecule has 1 fully saturated rings. The van der Waals surface area contributed by atoms with Crippen LogP contribution in [0.3, 0.4) is 0 Å². The fourth-order valence-corrected chi connectivity index (χ4v) is 7.85. The maximum Gasteiger partial charge on any atom is 0.241 e. The van der Waals surface area contributed by atoms with Crippen LogP contribution in [0.2, 0.25) is 0 Å². The average molecular weight is 615 g/mol. The molecule has 45 heavy (non-hydrogen) atoms. The Balaban J connectivity index is 1.35. The molecule has 2 aliphatic rings. The lowest BCUT2D eigenvalue weighted by atomic mass is 9.96. The molecule has 1 N–H and O–H groups in total. The maximum absolute atomic E-state index is 14.1. The predicted molar refractivity (Wildman–Crippen MR) is 182 cm³/mol. The first-order valence-corrected chi connectivity index (χ1v) is 16.1. The third-order valence-electron chi connectivity index (χ3n) is 8.69. The molecule has 226 valence electrons. The Hall–Kier alpha value is -4.82. The third kappa shape index (κ3) is 4.99. The molecule has 7 rings (SSSR count). The number of methoxy groups -OCH3 is 1. The van der Waals surface area contributed by atoms with Crippen LogP contribution < -0.4 is 9.64 Å². The van der Waals surface area contributed by atoms with Crippen molar-refractivity contribution < 1.29 is 14.3 Å². The Labute approximate surface area is 266 Å². The predicted octanol–water partition coefficient (Wildman–Crippen LogP) is 8.02. The van der Waals surface area contributed by atoms with Gasteiger partial charge < -0.3 is 9.72 Å². The van der Waals surface area contributed by atoms with Crippen LogP contribution in [-0.4, -0.2) is 39.9 Å². The number of fused-ring (bicyclic) bond motifs is 1. The molecule has 1 aromatic heterocycles. The number of H-pyrrole nitrogens is 1. The molecule has 7 nitrogen and oxygen atoms in total. The van der Waals surface area contributed by atoms with Crippen LogP contribution in [0.25, 0.3) is 22.2 Å².